The Kier molecular flexibility index (Phi) is 6.69. The molecule has 0 saturated carbocycles. The third kappa shape index (κ3) is 5.32. The van der Waals surface area contributed by atoms with Gasteiger partial charge in [-0.05, 0) is 12.8 Å². The van der Waals surface area contributed by atoms with Crippen molar-refractivity contribution in [2.45, 2.75) is 65.8 Å². The molecule has 0 fully saturated rings. The summed E-state index contributed by atoms with van der Waals surface area (Å²) >= 11 is 0. The number of allylic oxidation sites excluding steroid dienone is 2. The number of imidazole rings is 1. The van der Waals surface area contributed by atoms with Crippen molar-refractivity contribution in [3.63, 3.8) is 0 Å². The van der Waals surface area contributed by atoms with Gasteiger partial charge in [-0.15, -0.1) is 0 Å². The molecule has 0 radical (unpaired) electrons. The van der Waals surface area contributed by atoms with E-state index < -0.39 is 0 Å². The van der Waals surface area contributed by atoms with Gasteiger partial charge in [0.1, 0.15) is 6.04 Å². The Morgan fingerprint density at radius 2 is 2.05 bits per heavy atom. The van der Waals surface area contributed by atoms with Crippen molar-refractivity contribution in [1.82, 2.24) is 9.55 Å². The van der Waals surface area contributed by atoms with Gasteiger partial charge in [-0.3, -0.25) is 4.79 Å². The maximum Gasteiger partial charge on any atom is 0.164 e. The minimum atomic E-state index is -0.346. The van der Waals surface area contributed by atoms with E-state index >= 15 is 0 Å². The summed E-state index contributed by atoms with van der Waals surface area (Å²) < 4.78 is 1.89. The minimum Gasteiger partial charge on any atom is -0.323 e. The van der Waals surface area contributed by atoms with E-state index in [1.807, 2.05) is 37.6 Å². The second-order valence-corrected chi connectivity index (χ2v) is 6.35. The van der Waals surface area contributed by atoms with Crippen LogP contribution in [0.25, 0.3) is 0 Å². The Hall–Kier alpha value is -1.38. The van der Waals surface area contributed by atoms with E-state index in [9.17, 15) is 4.79 Å². The Morgan fingerprint density at radius 1 is 1.30 bits per heavy atom. The fraction of sp³-hybridized carbons (Fsp3) is 0.647. The monoisotopic (exact) mass is 276 g/mol. The molecule has 1 unspecified atom stereocenters. The summed E-state index contributed by atoms with van der Waals surface area (Å²) in [6.45, 7) is 8.12. The molecule has 1 rings (SSSR count). The largest absolute Gasteiger partial charge is 0.323 e. The normalized spacial score (nSPS) is 13.8. The zero-order chi connectivity index (χ0) is 15.0. The van der Waals surface area contributed by atoms with Gasteiger partial charge in [0.25, 0.3) is 0 Å². The fourth-order valence-corrected chi connectivity index (χ4v) is 2.11. The van der Waals surface area contributed by atoms with Crippen molar-refractivity contribution < 1.29 is 4.79 Å². The molecule has 3 nitrogen and oxygen atoms in total. The topological polar surface area (TPSA) is 34.9 Å². The van der Waals surface area contributed by atoms with Crippen LogP contribution < -0.4 is 0 Å². The van der Waals surface area contributed by atoms with Crippen LogP contribution >= 0.6 is 0 Å². The number of ketones is 1. The molecule has 0 aliphatic carbocycles. The van der Waals surface area contributed by atoms with E-state index in [0.29, 0.717) is 0 Å². The molecule has 0 saturated heterocycles. The third-order valence-corrected chi connectivity index (χ3v) is 3.40. The SMILES string of the molecule is CCCCCC/C=C/C(C(=O)C(C)(C)C)n1ccnc1. The Labute approximate surface area is 123 Å². The summed E-state index contributed by atoms with van der Waals surface area (Å²) in [4.78, 5) is 16.6. The summed E-state index contributed by atoms with van der Waals surface area (Å²) in [5.41, 5.74) is -0.346. The van der Waals surface area contributed by atoms with Crippen molar-refractivity contribution >= 4 is 5.78 Å². The Morgan fingerprint density at radius 3 is 2.60 bits per heavy atom. The highest BCUT2D eigenvalue weighted by molar-refractivity contribution is 5.88. The van der Waals surface area contributed by atoms with E-state index in [1.165, 1.54) is 25.7 Å². The predicted molar refractivity (Wildman–Crippen MR) is 83.6 cm³/mol. The molecule has 0 bridgehead atoms. The maximum atomic E-state index is 12.5. The first-order valence-electron chi connectivity index (χ1n) is 7.65. The van der Waals surface area contributed by atoms with Crippen LogP contribution in [-0.2, 0) is 4.79 Å². The molecular weight excluding hydrogens is 248 g/mol. The van der Waals surface area contributed by atoms with Gasteiger partial charge in [-0.2, -0.15) is 0 Å². The van der Waals surface area contributed by atoms with Crippen LogP contribution in [0.4, 0.5) is 0 Å². The molecule has 3 heteroatoms. The molecule has 0 spiro atoms. The quantitative estimate of drug-likeness (QED) is 0.515. The van der Waals surface area contributed by atoms with Gasteiger partial charge in [0, 0.05) is 17.8 Å². The molecule has 112 valence electrons. The second-order valence-electron chi connectivity index (χ2n) is 6.35. The smallest absolute Gasteiger partial charge is 0.164 e. The van der Waals surface area contributed by atoms with Crippen LogP contribution in [0.1, 0.15) is 65.8 Å². The van der Waals surface area contributed by atoms with E-state index in [2.05, 4.69) is 18.0 Å². The van der Waals surface area contributed by atoms with Crippen molar-refractivity contribution in [3.05, 3.63) is 30.9 Å². The number of carbonyl (C=O) groups is 1. The molecule has 0 aliphatic rings. The van der Waals surface area contributed by atoms with Crippen molar-refractivity contribution in [1.29, 1.82) is 0 Å². The van der Waals surface area contributed by atoms with Gasteiger partial charge in [0.2, 0.25) is 0 Å². The highest BCUT2D eigenvalue weighted by Crippen LogP contribution is 2.24. The van der Waals surface area contributed by atoms with Crippen LogP contribution in [0.2, 0.25) is 0 Å². The van der Waals surface area contributed by atoms with Crippen LogP contribution in [0.15, 0.2) is 30.9 Å². The first-order valence-corrected chi connectivity index (χ1v) is 7.65. The summed E-state index contributed by atoms with van der Waals surface area (Å²) in [6, 6.07) is -0.233. The Bertz CT molecular complexity index is 413. The van der Waals surface area contributed by atoms with E-state index in [-0.39, 0.29) is 17.2 Å². The van der Waals surface area contributed by atoms with Gasteiger partial charge in [-0.1, -0.05) is 59.1 Å². The molecule has 0 amide bonds. The lowest BCUT2D eigenvalue weighted by Crippen LogP contribution is -2.29. The zero-order valence-electron chi connectivity index (χ0n) is 13.3. The fourth-order valence-electron chi connectivity index (χ4n) is 2.11. The second kappa shape index (κ2) is 8.03. The standard InChI is InChI=1S/C17H28N2O/c1-5-6-7-8-9-10-11-15(16(20)17(2,3)4)19-13-12-18-14-19/h10-15H,5-9H2,1-4H3/b11-10+. The van der Waals surface area contributed by atoms with Crippen molar-refractivity contribution in [2.24, 2.45) is 5.41 Å². The number of hydrogen-bond donors (Lipinski definition) is 0. The van der Waals surface area contributed by atoms with E-state index in [1.54, 1.807) is 12.5 Å². The number of aromatic nitrogens is 2. The van der Waals surface area contributed by atoms with Gasteiger partial charge in [0.15, 0.2) is 5.78 Å². The lowest BCUT2D eigenvalue weighted by molar-refractivity contribution is -0.128. The summed E-state index contributed by atoms with van der Waals surface area (Å²) in [5, 5.41) is 0. The summed E-state index contributed by atoms with van der Waals surface area (Å²) in [7, 11) is 0. The number of carbonyl (C=O) groups excluding carboxylic acids is 1. The van der Waals surface area contributed by atoms with Crippen molar-refractivity contribution in [2.75, 3.05) is 0 Å². The lowest BCUT2D eigenvalue weighted by atomic mass is 9.86. The number of unbranched alkanes of at least 4 members (excludes halogenated alkanes) is 4. The van der Waals surface area contributed by atoms with Gasteiger partial charge < -0.3 is 4.57 Å². The Balaban J connectivity index is 2.65. The number of hydrogen-bond acceptors (Lipinski definition) is 2. The van der Waals surface area contributed by atoms with Crippen molar-refractivity contribution in [3.8, 4) is 0 Å². The van der Waals surface area contributed by atoms with Gasteiger partial charge >= 0.3 is 0 Å². The van der Waals surface area contributed by atoms with E-state index in [4.69, 9.17) is 0 Å². The predicted octanol–water partition coefficient (Wildman–Crippen LogP) is 4.57. The molecule has 1 heterocycles. The van der Waals surface area contributed by atoms with Gasteiger partial charge in [-0.25, -0.2) is 4.98 Å². The first-order chi connectivity index (χ1) is 9.46. The average molecular weight is 276 g/mol. The molecular formula is C17H28N2O. The van der Waals surface area contributed by atoms with Crippen LogP contribution in [-0.4, -0.2) is 15.3 Å². The zero-order valence-corrected chi connectivity index (χ0v) is 13.3. The van der Waals surface area contributed by atoms with Crippen LogP contribution in [0.5, 0.6) is 0 Å². The minimum absolute atomic E-state index is 0.223. The number of Topliss-reactive ketones (excluding diaryl/α,β-unsaturated/α-hetero) is 1. The van der Waals surface area contributed by atoms with Gasteiger partial charge in [0.05, 0.1) is 6.33 Å². The molecule has 0 N–H and O–H groups in total. The van der Waals surface area contributed by atoms with Crippen LogP contribution in [0.3, 0.4) is 0 Å². The molecule has 1 aromatic rings. The molecule has 0 aromatic carbocycles. The molecule has 1 atom stereocenters. The number of rotatable bonds is 8. The molecule has 1 aromatic heterocycles. The summed E-state index contributed by atoms with van der Waals surface area (Å²) in [5.74, 6) is 0.223. The maximum absolute atomic E-state index is 12.5. The third-order valence-electron chi connectivity index (χ3n) is 3.40. The average Bonchev–Trinajstić information content (AvgIpc) is 2.90. The highest BCUT2D eigenvalue weighted by atomic mass is 16.1. The summed E-state index contributed by atoms with van der Waals surface area (Å²) in [6.07, 6.45) is 15.5. The first kappa shape index (κ1) is 16.7. The highest BCUT2D eigenvalue weighted by Gasteiger charge is 2.28. The molecule has 20 heavy (non-hydrogen) atoms. The van der Waals surface area contributed by atoms with Crippen LogP contribution in [0, 0.1) is 5.41 Å². The lowest BCUT2D eigenvalue weighted by Gasteiger charge is -2.23. The molecule has 0 aliphatic heterocycles. The number of nitrogens with zero attached hydrogens (tertiary/aromatic N) is 2. The van der Waals surface area contributed by atoms with E-state index in [0.717, 1.165) is 6.42 Å².